The van der Waals surface area contributed by atoms with Gasteiger partial charge in [0, 0.05) is 26.3 Å². The maximum Gasteiger partial charge on any atom is 0.289 e. The number of hydrogen-bond acceptors (Lipinski definition) is 4. The zero-order chi connectivity index (χ0) is 12.1. The number of furan rings is 1. The molecule has 0 bridgehead atoms. The molecule has 0 spiro atoms. The number of amides is 1. The van der Waals surface area contributed by atoms with E-state index in [0.717, 1.165) is 5.56 Å². The summed E-state index contributed by atoms with van der Waals surface area (Å²) in [5, 5.41) is 9.49. The SMILES string of the molecule is COCC(O)CN(C)C(=O)c1occc1C. The summed E-state index contributed by atoms with van der Waals surface area (Å²) in [6.07, 6.45) is 0.788. The van der Waals surface area contributed by atoms with Crippen LogP contribution in [0.1, 0.15) is 16.1 Å². The fourth-order valence-corrected chi connectivity index (χ4v) is 1.41. The third kappa shape index (κ3) is 3.08. The highest BCUT2D eigenvalue weighted by molar-refractivity contribution is 5.92. The smallest absolute Gasteiger partial charge is 0.289 e. The van der Waals surface area contributed by atoms with E-state index in [0.29, 0.717) is 5.76 Å². The van der Waals surface area contributed by atoms with Crippen LogP contribution in [0, 0.1) is 6.92 Å². The number of methoxy groups -OCH3 is 1. The molecule has 0 saturated heterocycles. The number of likely N-dealkylation sites (N-methyl/N-ethyl adjacent to an activating group) is 1. The lowest BCUT2D eigenvalue weighted by Gasteiger charge is -2.19. The van der Waals surface area contributed by atoms with Crippen molar-refractivity contribution >= 4 is 5.91 Å². The number of aliphatic hydroxyl groups is 1. The minimum Gasteiger partial charge on any atom is -0.459 e. The normalized spacial score (nSPS) is 12.5. The molecule has 1 aromatic heterocycles. The van der Waals surface area contributed by atoms with Gasteiger partial charge < -0.3 is 19.2 Å². The molecule has 0 aliphatic rings. The van der Waals surface area contributed by atoms with E-state index in [4.69, 9.17) is 9.15 Å². The number of carbonyl (C=O) groups excluding carboxylic acids is 1. The molecule has 0 aromatic carbocycles. The maximum atomic E-state index is 11.8. The number of hydrogen-bond donors (Lipinski definition) is 1. The highest BCUT2D eigenvalue weighted by Crippen LogP contribution is 2.11. The van der Waals surface area contributed by atoms with Gasteiger partial charge in [-0.15, -0.1) is 0 Å². The summed E-state index contributed by atoms with van der Waals surface area (Å²) in [4.78, 5) is 13.3. The lowest BCUT2D eigenvalue weighted by molar-refractivity contribution is 0.0367. The maximum absolute atomic E-state index is 11.8. The van der Waals surface area contributed by atoms with Gasteiger partial charge in [-0.3, -0.25) is 4.79 Å². The number of nitrogens with zero attached hydrogens (tertiary/aromatic N) is 1. The summed E-state index contributed by atoms with van der Waals surface area (Å²) in [6, 6.07) is 1.73. The zero-order valence-electron chi connectivity index (χ0n) is 9.77. The first-order valence-corrected chi connectivity index (χ1v) is 5.02. The fourth-order valence-electron chi connectivity index (χ4n) is 1.41. The Labute approximate surface area is 94.6 Å². The van der Waals surface area contributed by atoms with Gasteiger partial charge in [0.1, 0.15) is 0 Å². The molecule has 16 heavy (non-hydrogen) atoms. The van der Waals surface area contributed by atoms with E-state index in [1.165, 1.54) is 18.3 Å². The van der Waals surface area contributed by atoms with Gasteiger partial charge in [-0.25, -0.2) is 0 Å². The Balaban J connectivity index is 2.58. The standard InChI is InChI=1S/C11H17NO4/c1-8-4-5-16-10(8)11(14)12(2)6-9(13)7-15-3/h4-5,9,13H,6-7H2,1-3H3. The van der Waals surface area contributed by atoms with Gasteiger partial charge in [0.2, 0.25) is 0 Å². The molecular weight excluding hydrogens is 210 g/mol. The van der Waals surface area contributed by atoms with Crippen LogP contribution in [0.3, 0.4) is 0 Å². The molecular formula is C11H17NO4. The quantitative estimate of drug-likeness (QED) is 0.803. The van der Waals surface area contributed by atoms with Crippen LogP contribution in [0.25, 0.3) is 0 Å². The van der Waals surface area contributed by atoms with E-state index >= 15 is 0 Å². The summed E-state index contributed by atoms with van der Waals surface area (Å²) in [6.45, 7) is 2.22. The van der Waals surface area contributed by atoms with Crippen LogP contribution in [-0.4, -0.2) is 49.3 Å². The molecule has 0 aliphatic heterocycles. The Hall–Kier alpha value is -1.33. The summed E-state index contributed by atoms with van der Waals surface area (Å²) in [5.74, 6) is 0.0739. The first kappa shape index (κ1) is 12.7. The number of carbonyl (C=O) groups is 1. The Morgan fingerprint density at radius 1 is 1.69 bits per heavy atom. The van der Waals surface area contributed by atoms with Crippen LogP contribution in [0.5, 0.6) is 0 Å². The van der Waals surface area contributed by atoms with Crippen molar-refractivity contribution in [2.24, 2.45) is 0 Å². The van der Waals surface area contributed by atoms with Gasteiger partial charge in [-0.2, -0.15) is 0 Å². The van der Waals surface area contributed by atoms with Crippen LogP contribution >= 0.6 is 0 Å². The van der Waals surface area contributed by atoms with Crippen LogP contribution < -0.4 is 0 Å². The van der Waals surface area contributed by atoms with Crippen molar-refractivity contribution in [2.75, 3.05) is 27.3 Å². The first-order valence-electron chi connectivity index (χ1n) is 5.02. The molecule has 90 valence electrons. The van der Waals surface area contributed by atoms with Crippen LogP contribution in [0.15, 0.2) is 16.7 Å². The molecule has 1 atom stereocenters. The van der Waals surface area contributed by atoms with Gasteiger partial charge in [0.25, 0.3) is 5.91 Å². The summed E-state index contributed by atoms with van der Waals surface area (Å²) < 4.78 is 9.87. The summed E-state index contributed by atoms with van der Waals surface area (Å²) in [5.41, 5.74) is 0.790. The highest BCUT2D eigenvalue weighted by atomic mass is 16.5. The molecule has 5 heteroatoms. The summed E-state index contributed by atoms with van der Waals surface area (Å²) >= 11 is 0. The monoisotopic (exact) mass is 227 g/mol. The van der Waals surface area contributed by atoms with Gasteiger partial charge in [-0.05, 0) is 13.0 Å². The van der Waals surface area contributed by atoms with E-state index in [2.05, 4.69) is 0 Å². The van der Waals surface area contributed by atoms with Gasteiger partial charge in [0.05, 0.1) is 19.0 Å². The second-order valence-electron chi connectivity index (χ2n) is 3.73. The largest absolute Gasteiger partial charge is 0.459 e. The van der Waals surface area contributed by atoms with Crippen molar-refractivity contribution in [1.29, 1.82) is 0 Å². The number of rotatable bonds is 5. The molecule has 5 nitrogen and oxygen atoms in total. The number of aryl methyl sites for hydroxylation is 1. The topological polar surface area (TPSA) is 62.9 Å². The molecule has 0 aliphatic carbocycles. The molecule has 1 aromatic rings. The third-order valence-electron chi connectivity index (χ3n) is 2.25. The molecule has 1 N–H and O–H groups in total. The minimum absolute atomic E-state index is 0.203. The van der Waals surface area contributed by atoms with E-state index in [9.17, 15) is 9.90 Å². The van der Waals surface area contributed by atoms with Crippen LogP contribution in [-0.2, 0) is 4.74 Å². The van der Waals surface area contributed by atoms with E-state index in [1.807, 2.05) is 0 Å². The zero-order valence-corrected chi connectivity index (χ0v) is 9.77. The Bertz CT molecular complexity index is 348. The second-order valence-corrected chi connectivity index (χ2v) is 3.73. The highest BCUT2D eigenvalue weighted by Gasteiger charge is 2.19. The lowest BCUT2D eigenvalue weighted by atomic mass is 10.2. The summed E-state index contributed by atoms with van der Waals surface area (Å²) in [7, 11) is 3.12. The van der Waals surface area contributed by atoms with Crippen molar-refractivity contribution in [2.45, 2.75) is 13.0 Å². The molecule has 0 radical (unpaired) electrons. The first-order chi connectivity index (χ1) is 7.56. The minimum atomic E-state index is -0.686. The van der Waals surface area contributed by atoms with Crippen molar-refractivity contribution < 1.29 is 19.1 Å². The lowest BCUT2D eigenvalue weighted by Crippen LogP contribution is -2.36. The fraction of sp³-hybridized carbons (Fsp3) is 0.545. The van der Waals surface area contributed by atoms with Crippen molar-refractivity contribution in [1.82, 2.24) is 4.90 Å². The average molecular weight is 227 g/mol. The Morgan fingerprint density at radius 2 is 2.38 bits per heavy atom. The van der Waals surface area contributed by atoms with Gasteiger partial charge in [0.15, 0.2) is 5.76 Å². The Morgan fingerprint density at radius 3 is 2.88 bits per heavy atom. The van der Waals surface area contributed by atoms with Crippen LogP contribution in [0.2, 0.25) is 0 Å². The molecule has 0 fully saturated rings. The van der Waals surface area contributed by atoms with Crippen molar-refractivity contribution in [3.63, 3.8) is 0 Å². The number of aliphatic hydroxyl groups excluding tert-OH is 1. The second kappa shape index (κ2) is 5.67. The predicted molar refractivity (Wildman–Crippen MR) is 58.3 cm³/mol. The van der Waals surface area contributed by atoms with Gasteiger partial charge >= 0.3 is 0 Å². The van der Waals surface area contributed by atoms with E-state index in [-0.39, 0.29) is 19.1 Å². The number of ether oxygens (including phenoxy) is 1. The van der Waals surface area contributed by atoms with E-state index < -0.39 is 6.10 Å². The van der Waals surface area contributed by atoms with Gasteiger partial charge in [-0.1, -0.05) is 0 Å². The van der Waals surface area contributed by atoms with Crippen molar-refractivity contribution in [3.8, 4) is 0 Å². The third-order valence-corrected chi connectivity index (χ3v) is 2.25. The predicted octanol–water partition coefficient (Wildman–Crippen LogP) is 0.667. The average Bonchev–Trinajstić information content (AvgIpc) is 2.63. The Kier molecular flexibility index (Phi) is 4.52. The van der Waals surface area contributed by atoms with Crippen molar-refractivity contribution in [3.05, 3.63) is 23.7 Å². The molecule has 0 saturated carbocycles. The van der Waals surface area contributed by atoms with Crippen LogP contribution in [0.4, 0.5) is 0 Å². The molecule has 1 rings (SSSR count). The molecule has 1 heterocycles. The van der Waals surface area contributed by atoms with E-state index in [1.54, 1.807) is 20.0 Å². The molecule has 1 unspecified atom stereocenters. The molecule has 1 amide bonds.